The molecule has 1 heterocycles. The summed E-state index contributed by atoms with van der Waals surface area (Å²) in [5.41, 5.74) is 5.02. The number of ether oxygens (including phenoxy) is 1. The number of nitrogens with zero attached hydrogens (tertiary/aromatic N) is 2. The fourth-order valence-corrected chi connectivity index (χ4v) is 3.15. The van der Waals surface area contributed by atoms with Crippen molar-refractivity contribution in [3.8, 4) is 5.75 Å². The van der Waals surface area contributed by atoms with Gasteiger partial charge in [0.15, 0.2) is 0 Å². The van der Waals surface area contributed by atoms with Crippen molar-refractivity contribution in [3.63, 3.8) is 0 Å². The Hall–Kier alpha value is -3.14. The summed E-state index contributed by atoms with van der Waals surface area (Å²) < 4.78 is 5.40. The van der Waals surface area contributed by atoms with Gasteiger partial charge in [-0.3, -0.25) is 9.78 Å². The van der Waals surface area contributed by atoms with Crippen molar-refractivity contribution in [1.29, 1.82) is 0 Å². The summed E-state index contributed by atoms with van der Waals surface area (Å²) in [4.78, 5) is 19.3. The lowest BCUT2D eigenvalue weighted by atomic mass is 10.1. The Labute approximate surface area is 166 Å². The molecular formula is C24H26N2O2. The van der Waals surface area contributed by atoms with Crippen molar-refractivity contribution in [2.75, 3.05) is 7.11 Å². The van der Waals surface area contributed by atoms with Crippen LogP contribution in [-0.2, 0) is 19.5 Å². The van der Waals surface area contributed by atoms with Crippen LogP contribution in [0.5, 0.6) is 5.75 Å². The van der Waals surface area contributed by atoms with Crippen molar-refractivity contribution in [2.45, 2.75) is 33.4 Å². The van der Waals surface area contributed by atoms with Gasteiger partial charge in [0.05, 0.1) is 7.11 Å². The number of amides is 1. The first-order valence-electron chi connectivity index (χ1n) is 9.51. The number of benzene rings is 2. The molecule has 0 saturated heterocycles. The third-order valence-electron chi connectivity index (χ3n) is 4.84. The van der Waals surface area contributed by atoms with Crippen LogP contribution < -0.4 is 4.74 Å². The molecule has 0 radical (unpaired) electrons. The second-order valence-corrected chi connectivity index (χ2v) is 6.88. The fourth-order valence-electron chi connectivity index (χ4n) is 3.15. The van der Waals surface area contributed by atoms with Crippen LogP contribution in [0.25, 0.3) is 0 Å². The van der Waals surface area contributed by atoms with E-state index in [0.717, 1.165) is 28.9 Å². The van der Waals surface area contributed by atoms with Gasteiger partial charge >= 0.3 is 0 Å². The first kappa shape index (κ1) is 19.6. The Kier molecular flexibility index (Phi) is 6.43. The van der Waals surface area contributed by atoms with E-state index in [1.807, 2.05) is 42.2 Å². The molecule has 0 fully saturated rings. The molecule has 4 nitrogen and oxygen atoms in total. The van der Waals surface area contributed by atoms with E-state index >= 15 is 0 Å². The molecule has 1 aromatic heterocycles. The Morgan fingerprint density at radius 3 is 2.36 bits per heavy atom. The van der Waals surface area contributed by atoms with Crippen molar-refractivity contribution in [3.05, 3.63) is 94.8 Å². The van der Waals surface area contributed by atoms with E-state index in [0.29, 0.717) is 18.7 Å². The maximum absolute atomic E-state index is 13.3. The van der Waals surface area contributed by atoms with Crippen LogP contribution >= 0.6 is 0 Å². The lowest BCUT2D eigenvalue weighted by molar-refractivity contribution is 0.0729. The number of rotatable bonds is 7. The number of aromatic nitrogens is 1. The molecule has 144 valence electrons. The van der Waals surface area contributed by atoms with Crippen molar-refractivity contribution < 1.29 is 9.53 Å². The predicted molar refractivity (Wildman–Crippen MR) is 111 cm³/mol. The molecule has 0 saturated carbocycles. The molecule has 3 aromatic rings. The highest BCUT2D eigenvalue weighted by molar-refractivity contribution is 5.94. The predicted octanol–water partition coefficient (Wildman–Crippen LogP) is 4.80. The van der Waals surface area contributed by atoms with E-state index < -0.39 is 0 Å². The minimum Gasteiger partial charge on any atom is -0.496 e. The van der Waals surface area contributed by atoms with Crippen LogP contribution in [-0.4, -0.2) is 22.9 Å². The van der Waals surface area contributed by atoms with E-state index in [2.05, 4.69) is 36.2 Å². The monoisotopic (exact) mass is 374 g/mol. The molecule has 0 aliphatic heterocycles. The Bertz CT molecular complexity index is 921. The van der Waals surface area contributed by atoms with Gasteiger partial charge in [-0.15, -0.1) is 0 Å². The van der Waals surface area contributed by atoms with E-state index in [-0.39, 0.29) is 5.91 Å². The molecule has 0 aliphatic carbocycles. The number of methoxy groups -OCH3 is 1. The normalized spacial score (nSPS) is 10.5. The van der Waals surface area contributed by atoms with Crippen LogP contribution in [0.1, 0.15) is 39.5 Å². The highest BCUT2D eigenvalue weighted by atomic mass is 16.5. The minimum absolute atomic E-state index is 0.0262. The molecule has 0 unspecified atom stereocenters. The van der Waals surface area contributed by atoms with Crippen LogP contribution in [0.2, 0.25) is 0 Å². The Morgan fingerprint density at radius 2 is 1.71 bits per heavy atom. The maximum Gasteiger partial charge on any atom is 0.254 e. The molecule has 3 rings (SSSR count). The summed E-state index contributed by atoms with van der Waals surface area (Å²) in [6.45, 7) is 5.14. The summed E-state index contributed by atoms with van der Waals surface area (Å²) >= 11 is 0. The van der Waals surface area contributed by atoms with Gasteiger partial charge < -0.3 is 9.64 Å². The van der Waals surface area contributed by atoms with Gasteiger partial charge in [-0.1, -0.05) is 43.3 Å². The van der Waals surface area contributed by atoms with Crippen LogP contribution in [0.3, 0.4) is 0 Å². The van der Waals surface area contributed by atoms with Gasteiger partial charge in [-0.25, -0.2) is 0 Å². The van der Waals surface area contributed by atoms with Crippen molar-refractivity contribution >= 4 is 5.91 Å². The standard InChI is InChI=1S/C24H26N2O2/c1-4-19-8-10-20(11-9-19)16-26(17-21-6-5-13-25-15-21)24(27)22-12-7-18(2)23(14-22)28-3/h5-15H,4,16-17H2,1-3H3. The zero-order valence-electron chi connectivity index (χ0n) is 16.7. The molecule has 2 aromatic carbocycles. The molecule has 1 amide bonds. The lowest BCUT2D eigenvalue weighted by Crippen LogP contribution is -2.30. The Balaban J connectivity index is 1.89. The van der Waals surface area contributed by atoms with Crippen LogP contribution in [0.15, 0.2) is 67.0 Å². The van der Waals surface area contributed by atoms with Crippen LogP contribution in [0.4, 0.5) is 0 Å². The molecule has 4 heteroatoms. The van der Waals surface area contributed by atoms with Gasteiger partial charge in [0, 0.05) is 31.0 Å². The van der Waals surface area contributed by atoms with Gasteiger partial charge in [-0.05, 0) is 53.8 Å². The first-order chi connectivity index (χ1) is 13.6. The molecule has 0 bridgehead atoms. The molecule has 0 N–H and O–H groups in total. The topological polar surface area (TPSA) is 42.4 Å². The van der Waals surface area contributed by atoms with Crippen molar-refractivity contribution in [1.82, 2.24) is 9.88 Å². The summed E-state index contributed by atoms with van der Waals surface area (Å²) in [5, 5.41) is 0. The van der Waals surface area contributed by atoms with E-state index in [9.17, 15) is 4.79 Å². The highest BCUT2D eigenvalue weighted by Gasteiger charge is 2.18. The van der Waals surface area contributed by atoms with E-state index in [1.165, 1.54) is 5.56 Å². The second-order valence-electron chi connectivity index (χ2n) is 6.88. The molecule has 28 heavy (non-hydrogen) atoms. The largest absolute Gasteiger partial charge is 0.496 e. The average Bonchev–Trinajstić information content (AvgIpc) is 2.74. The second kappa shape index (κ2) is 9.18. The molecule has 0 atom stereocenters. The summed E-state index contributed by atoms with van der Waals surface area (Å²) in [5.74, 6) is 0.696. The molecular weight excluding hydrogens is 348 g/mol. The van der Waals surface area contributed by atoms with Gasteiger partial charge in [0.1, 0.15) is 5.75 Å². The maximum atomic E-state index is 13.3. The van der Waals surface area contributed by atoms with Crippen molar-refractivity contribution in [2.24, 2.45) is 0 Å². The number of aryl methyl sites for hydroxylation is 2. The highest BCUT2D eigenvalue weighted by Crippen LogP contribution is 2.22. The van der Waals surface area contributed by atoms with E-state index in [4.69, 9.17) is 4.74 Å². The lowest BCUT2D eigenvalue weighted by Gasteiger charge is -2.23. The van der Waals surface area contributed by atoms with Crippen LogP contribution in [0, 0.1) is 6.92 Å². The van der Waals surface area contributed by atoms with Gasteiger partial charge in [0.25, 0.3) is 5.91 Å². The average molecular weight is 374 g/mol. The quantitative estimate of drug-likeness (QED) is 0.596. The van der Waals surface area contributed by atoms with Gasteiger partial charge in [-0.2, -0.15) is 0 Å². The number of hydrogen-bond donors (Lipinski definition) is 0. The number of carbonyl (C=O) groups is 1. The Morgan fingerprint density at radius 1 is 1.00 bits per heavy atom. The first-order valence-corrected chi connectivity index (χ1v) is 9.51. The fraction of sp³-hybridized carbons (Fsp3) is 0.250. The molecule has 0 spiro atoms. The number of carbonyl (C=O) groups excluding carboxylic acids is 1. The third kappa shape index (κ3) is 4.77. The zero-order chi connectivity index (χ0) is 19.9. The number of pyridine rings is 1. The molecule has 0 aliphatic rings. The zero-order valence-corrected chi connectivity index (χ0v) is 16.7. The summed E-state index contributed by atoms with van der Waals surface area (Å²) in [6, 6.07) is 17.9. The van der Waals surface area contributed by atoms with Gasteiger partial charge in [0.2, 0.25) is 0 Å². The third-order valence-corrected chi connectivity index (χ3v) is 4.84. The van der Waals surface area contributed by atoms with E-state index in [1.54, 1.807) is 19.5 Å². The summed E-state index contributed by atoms with van der Waals surface area (Å²) in [6.07, 6.45) is 4.54. The number of hydrogen-bond acceptors (Lipinski definition) is 3. The smallest absolute Gasteiger partial charge is 0.254 e. The minimum atomic E-state index is -0.0262. The summed E-state index contributed by atoms with van der Waals surface area (Å²) in [7, 11) is 1.62. The SMILES string of the molecule is CCc1ccc(CN(Cc2cccnc2)C(=O)c2ccc(C)c(OC)c2)cc1.